The van der Waals surface area contributed by atoms with Gasteiger partial charge in [0.1, 0.15) is 5.82 Å². The fourth-order valence-corrected chi connectivity index (χ4v) is 4.87. The van der Waals surface area contributed by atoms with Crippen LogP contribution in [0.5, 0.6) is 0 Å². The van der Waals surface area contributed by atoms with Gasteiger partial charge in [-0.25, -0.2) is 4.39 Å². The zero-order valence-electron chi connectivity index (χ0n) is 20.8. The lowest BCUT2D eigenvalue weighted by atomic mass is 9.83. The predicted octanol–water partition coefficient (Wildman–Crippen LogP) is 6.66. The van der Waals surface area contributed by atoms with Crippen LogP contribution in [0.3, 0.4) is 0 Å². The number of nitrogens with zero attached hydrogens (tertiary/aromatic N) is 1. The highest BCUT2D eigenvalue weighted by atomic mass is 19.1. The number of carbonyl (C=O) groups is 2. The van der Waals surface area contributed by atoms with E-state index < -0.39 is 12.0 Å². The maximum Gasteiger partial charge on any atom is 0.254 e. The van der Waals surface area contributed by atoms with Crippen molar-refractivity contribution >= 4 is 17.5 Å². The molecule has 0 spiro atoms. The van der Waals surface area contributed by atoms with Gasteiger partial charge in [-0.2, -0.15) is 0 Å². The largest absolute Gasteiger partial charge is 0.331 e. The molecule has 4 rings (SSSR count). The molecular formula is C30H33FN2O2. The van der Waals surface area contributed by atoms with E-state index in [0.717, 1.165) is 16.8 Å². The standard InChI is InChI=1S/C30H33FN2O2/c1-20-10-5-6-15-25(20)29(35)33-17-9-16-26(27(33)21-11-7-13-23(31)18-21)28(34)32-24-14-8-12-22(19-24)30(2,3)4/h5-8,10-15,18-19,26-27H,9,16-17H2,1-4H3,(H,32,34)/t26-,27?/m0/s1. The second-order valence-corrected chi connectivity index (χ2v) is 10.4. The van der Waals surface area contributed by atoms with Crippen LogP contribution in [-0.4, -0.2) is 23.3 Å². The number of likely N-dealkylation sites (tertiary alicyclic amines) is 1. The molecule has 1 N–H and O–H groups in total. The number of piperidine rings is 1. The zero-order valence-corrected chi connectivity index (χ0v) is 20.8. The van der Waals surface area contributed by atoms with Gasteiger partial charge in [-0.1, -0.05) is 63.2 Å². The fraction of sp³-hybridized carbons (Fsp3) is 0.333. The van der Waals surface area contributed by atoms with Gasteiger partial charge in [0.05, 0.1) is 12.0 Å². The van der Waals surface area contributed by atoms with E-state index in [4.69, 9.17) is 0 Å². The summed E-state index contributed by atoms with van der Waals surface area (Å²) in [5.41, 5.74) is 3.91. The quantitative estimate of drug-likeness (QED) is 0.461. The van der Waals surface area contributed by atoms with Crippen LogP contribution >= 0.6 is 0 Å². The molecule has 1 aliphatic rings. The molecule has 0 aromatic heterocycles. The van der Waals surface area contributed by atoms with Crippen molar-refractivity contribution in [3.05, 3.63) is 101 Å². The number of hydrogen-bond acceptors (Lipinski definition) is 2. The molecule has 2 atom stereocenters. The summed E-state index contributed by atoms with van der Waals surface area (Å²) in [6.45, 7) is 8.80. The minimum atomic E-state index is -0.558. The molecular weight excluding hydrogens is 439 g/mol. The molecule has 1 fully saturated rings. The van der Waals surface area contributed by atoms with Gasteiger partial charge >= 0.3 is 0 Å². The Bertz CT molecular complexity index is 1230. The molecule has 0 radical (unpaired) electrons. The van der Waals surface area contributed by atoms with Crippen LogP contribution in [0.25, 0.3) is 0 Å². The highest BCUT2D eigenvalue weighted by Gasteiger charge is 2.40. The second-order valence-electron chi connectivity index (χ2n) is 10.4. The summed E-state index contributed by atoms with van der Waals surface area (Å²) < 4.78 is 14.3. The van der Waals surface area contributed by atoms with E-state index >= 15 is 0 Å². The lowest BCUT2D eigenvalue weighted by molar-refractivity contribution is -0.123. The van der Waals surface area contributed by atoms with Gasteiger partial charge in [0.25, 0.3) is 5.91 Å². The first-order valence-electron chi connectivity index (χ1n) is 12.2. The highest BCUT2D eigenvalue weighted by Crippen LogP contribution is 2.38. The first-order valence-corrected chi connectivity index (χ1v) is 12.2. The van der Waals surface area contributed by atoms with Crippen molar-refractivity contribution in [3.8, 4) is 0 Å². The van der Waals surface area contributed by atoms with Gasteiger partial charge in [0.2, 0.25) is 5.91 Å². The molecule has 2 amide bonds. The third-order valence-corrected chi connectivity index (χ3v) is 6.79. The number of benzene rings is 3. The first-order chi connectivity index (χ1) is 16.6. The van der Waals surface area contributed by atoms with E-state index in [2.05, 4.69) is 32.2 Å². The average molecular weight is 473 g/mol. The third-order valence-electron chi connectivity index (χ3n) is 6.79. The number of rotatable bonds is 4. The molecule has 1 saturated heterocycles. The zero-order chi connectivity index (χ0) is 25.2. The Morgan fingerprint density at radius 2 is 1.71 bits per heavy atom. The molecule has 3 aromatic carbocycles. The molecule has 1 heterocycles. The van der Waals surface area contributed by atoms with Crippen LogP contribution in [0, 0.1) is 18.7 Å². The Labute approximate surface area is 207 Å². The Morgan fingerprint density at radius 1 is 0.971 bits per heavy atom. The molecule has 4 nitrogen and oxygen atoms in total. The lowest BCUT2D eigenvalue weighted by Gasteiger charge is -2.41. The molecule has 0 saturated carbocycles. The number of nitrogens with one attached hydrogen (secondary N) is 1. The van der Waals surface area contributed by atoms with Gasteiger partial charge < -0.3 is 10.2 Å². The SMILES string of the molecule is Cc1ccccc1C(=O)N1CCC[C@H](C(=O)Nc2cccc(C(C)(C)C)c2)C1c1cccc(F)c1. The summed E-state index contributed by atoms with van der Waals surface area (Å²) in [7, 11) is 0. The molecule has 1 aliphatic heterocycles. The average Bonchev–Trinajstić information content (AvgIpc) is 2.83. The number of halogens is 1. The maximum atomic E-state index is 14.3. The Morgan fingerprint density at radius 3 is 2.43 bits per heavy atom. The highest BCUT2D eigenvalue weighted by molar-refractivity contribution is 5.98. The van der Waals surface area contributed by atoms with Crippen molar-refractivity contribution in [1.29, 1.82) is 0 Å². The predicted molar refractivity (Wildman–Crippen MR) is 138 cm³/mol. The monoisotopic (exact) mass is 472 g/mol. The number of hydrogen-bond donors (Lipinski definition) is 1. The van der Waals surface area contributed by atoms with E-state index in [1.54, 1.807) is 17.0 Å². The van der Waals surface area contributed by atoms with Gasteiger partial charge in [-0.15, -0.1) is 0 Å². The van der Waals surface area contributed by atoms with Crippen LogP contribution < -0.4 is 5.32 Å². The summed E-state index contributed by atoms with van der Waals surface area (Å²) in [4.78, 5) is 29.0. The van der Waals surface area contributed by atoms with Gasteiger partial charge in [0, 0.05) is 17.8 Å². The van der Waals surface area contributed by atoms with Gasteiger partial charge in [-0.3, -0.25) is 9.59 Å². The summed E-state index contributed by atoms with van der Waals surface area (Å²) in [6.07, 6.45) is 1.31. The molecule has 5 heteroatoms. The topological polar surface area (TPSA) is 49.4 Å². The fourth-order valence-electron chi connectivity index (χ4n) is 4.87. The van der Waals surface area contributed by atoms with E-state index in [-0.39, 0.29) is 23.0 Å². The number of aryl methyl sites for hydroxylation is 1. The summed E-state index contributed by atoms with van der Waals surface area (Å²) in [5, 5.41) is 3.08. The van der Waals surface area contributed by atoms with Crippen LogP contribution in [0.4, 0.5) is 10.1 Å². The maximum absolute atomic E-state index is 14.3. The van der Waals surface area contributed by atoms with Gasteiger partial charge in [0.15, 0.2) is 0 Å². The van der Waals surface area contributed by atoms with Crippen LogP contribution in [-0.2, 0) is 10.2 Å². The third kappa shape index (κ3) is 5.45. The van der Waals surface area contributed by atoms with E-state index in [1.165, 1.54) is 12.1 Å². The van der Waals surface area contributed by atoms with Crippen molar-refractivity contribution in [3.63, 3.8) is 0 Å². The Hall–Kier alpha value is -3.47. The van der Waals surface area contributed by atoms with Crippen molar-refractivity contribution in [2.75, 3.05) is 11.9 Å². The van der Waals surface area contributed by atoms with Crippen LogP contribution in [0.15, 0.2) is 72.8 Å². The van der Waals surface area contributed by atoms with Crippen LogP contribution in [0.2, 0.25) is 0 Å². The minimum absolute atomic E-state index is 0.0492. The van der Waals surface area contributed by atoms with Crippen molar-refractivity contribution in [2.24, 2.45) is 5.92 Å². The normalized spacial score (nSPS) is 18.3. The molecule has 35 heavy (non-hydrogen) atoms. The summed E-state index contributed by atoms with van der Waals surface area (Å²) >= 11 is 0. The summed E-state index contributed by atoms with van der Waals surface area (Å²) in [6, 6.07) is 21.0. The molecule has 0 aliphatic carbocycles. The van der Waals surface area contributed by atoms with E-state index in [0.29, 0.717) is 30.5 Å². The molecule has 3 aromatic rings. The smallest absolute Gasteiger partial charge is 0.254 e. The van der Waals surface area contributed by atoms with E-state index in [9.17, 15) is 14.0 Å². The lowest BCUT2D eigenvalue weighted by Crippen LogP contribution is -2.46. The second kappa shape index (κ2) is 10.0. The van der Waals surface area contributed by atoms with E-state index in [1.807, 2.05) is 49.4 Å². The van der Waals surface area contributed by atoms with Crippen molar-refractivity contribution in [1.82, 2.24) is 4.90 Å². The Balaban J connectivity index is 1.69. The molecule has 182 valence electrons. The number of carbonyl (C=O) groups excluding carboxylic acids is 2. The first kappa shape index (κ1) is 24.6. The molecule has 1 unspecified atom stereocenters. The summed E-state index contributed by atoms with van der Waals surface area (Å²) in [5.74, 6) is -1.18. The van der Waals surface area contributed by atoms with Crippen molar-refractivity contribution < 1.29 is 14.0 Å². The Kier molecular flexibility index (Phi) is 7.06. The number of anilines is 1. The number of amides is 2. The van der Waals surface area contributed by atoms with Crippen LogP contribution in [0.1, 0.15) is 66.7 Å². The van der Waals surface area contributed by atoms with Crippen molar-refractivity contribution in [2.45, 2.75) is 52.0 Å². The molecule has 0 bridgehead atoms. The van der Waals surface area contributed by atoms with Gasteiger partial charge in [-0.05, 0) is 72.2 Å². The minimum Gasteiger partial charge on any atom is -0.331 e.